The van der Waals surface area contributed by atoms with Gasteiger partial charge < -0.3 is 19.3 Å². The van der Waals surface area contributed by atoms with Crippen LogP contribution in [-0.4, -0.2) is 71.4 Å². The van der Waals surface area contributed by atoms with E-state index in [1.165, 1.54) is 7.11 Å². The first-order valence-corrected chi connectivity index (χ1v) is 10.9. The lowest BCUT2D eigenvalue weighted by Crippen LogP contribution is -2.40. The highest BCUT2D eigenvalue weighted by atomic mass is 35.5. The minimum atomic E-state index is -0.0987. The number of rotatable bonds is 5. The molecule has 1 aromatic heterocycles. The Bertz CT molecular complexity index is 984. The molecule has 8 nitrogen and oxygen atoms in total. The van der Waals surface area contributed by atoms with Gasteiger partial charge in [0.1, 0.15) is 5.75 Å². The monoisotopic (exact) mass is 446 g/mol. The van der Waals surface area contributed by atoms with Crippen molar-refractivity contribution in [1.82, 2.24) is 19.6 Å². The molecule has 0 saturated carbocycles. The van der Waals surface area contributed by atoms with Gasteiger partial charge in [-0.05, 0) is 18.2 Å². The number of hydrogen-bond donors (Lipinski definition) is 0. The van der Waals surface area contributed by atoms with Crippen molar-refractivity contribution in [2.75, 3.05) is 40.0 Å². The fourth-order valence-corrected chi connectivity index (χ4v) is 4.41. The first kappa shape index (κ1) is 21.6. The van der Waals surface area contributed by atoms with E-state index in [0.29, 0.717) is 68.6 Å². The molecule has 1 saturated heterocycles. The van der Waals surface area contributed by atoms with Gasteiger partial charge in [-0.3, -0.25) is 14.3 Å². The Hall–Kier alpha value is -2.58. The summed E-state index contributed by atoms with van der Waals surface area (Å²) in [5, 5.41) is 5.18. The maximum absolute atomic E-state index is 13.2. The number of aryl methyl sites for hydroxylation is 2. The zero-order chi connectivity index (χ0) is 22.0. The molecule has 0 N–H and O–H groups in total. The summed E-state index contributed by atoms with van der Waals surface area (Å²) in [4.78, 5) is 29.4. The molecule has 1 aromatic carbocycles. The third-order valence-corrected chi connectivity index (χ3v) is 6.18. The van der Waals surface area contributed by atoms with Crippen molar-refractivity contribution in [2.45, 2.75) is 25.8 Å². The van der Waals surface area contributed by atoms with Gasteiger partial charge in [0.25, 0.3) is 5.91 Å². The minimum Gasteiger partial charge on any atom is -0.496 e. The summed E-state index contributed by atoms with van der Waals surface area (Å²) in [6.07, 6.45) is 1.69. The molecule has 0 spiro atoms. The zero-order valence-corrected chi connectivity index (χ0v) is 18.7. The highest BCUT2D eigenvalue weighted by Gasteiger charge is 2.29. The minimum absolute atomic E-state index is 0.0987. The summed E-state index contributed by atoms with van der Waals surface area (Å²) in [5.41, 5.74) is 3.55. The van der Waals surface area contributed by atoms with Crippen molar-refractivity contribution < 1.29 is 19.1 Å². The number of aromatic nitrogens is 2. The number of hydrogen-bond acceptors (Lipinski definition) is 5. The van der Waals surface area contributed by atoms with E-state index in [2.05, 4.69) is 5.10 Å². The number of morpholine rings is 1. The van der Waals surface area contributed by atoms with E-state index in [-0.39, 0.29) is 11.8 Å². The van der Waals surface area contributed by atoms with E-state index in [4.69, 9.17) is 21.1 Å². The summed E-state index contributed by atoms with van der Waals surface area (Å²) >= 11 is 6.04. The molecule has 0 radical (unpaired) electrons. The topological polar surface area (TPSA) is 76.9 Å². The van der Waals surface area contributed by atoms with Crippen molar-refractivity contribution in [3.8, 4) is 5.75 Å². The van der Waals surface area contributed by atoms with Gasteiger partial charge in [-0.15, -0.1) is 0 Å². The second kappa shape index (κ2) is 9.28. The molecule has 0 bridgehead atoms. The molecule has 0 aliphatic carbocycles. The molecule has 2 aliphatic heterocycles. The Kier molecular flexibility index (Phi) is 6.48. The van der Waals surface area contributed by atoms with Crippen LogP contribution in [-0.2, 0) is 36.0 Å². The molecule has 1 fully saturated rings. The number of halogens is 1. The van der Waals surface area contributed by atoms with Crippen molar-refractivity contribution in [3.63, 3.8) is 0 Å². The van der Waals surface area contributed by atoms with Crippen LogP contribution >= 0.6 is 11.6 Å². The molecule has 4 rings (SSSR count). The van der Waals surface area contributed by atoms with Crippen LogP contribution in [0.15, 0.2) is 18.2 Å². The molecule has 31 heavy (non-hydrogen) atoms. The number of methoxy groups -OCH3 is 1. The smallest absolute Gasteiger partial charge is 0.257 e. The van der Waals surface area contributed by atoms with E-state index >= 15 is 0 Å². The van der Waals surface area contributed by atoms with E-state index in [1.807, 2.05) is 21.5 Å². The second-order valence-electron chi connectivity index (χ2n) is 7.81. The summed E-state index contributed by atoms with van der Waals surface area (Å²) in [6.45, 7) is 3.54. The largest absolute Gasteiger partial charge is 0.496 e. The average Bonchev–Trinajstić information content (AvgIpc) is 3.12. The van der Waals surface area contributed by atoms with Crippen molar-refractivity contribution in [3.05, 3.63) is 45.7 Å². The third kappa shape index (κ3) is 4.55. The Morgan fingerprint density at radius 3 is 2.71 bits per heavy atom. The Labute approximate surface area is 186 Å². The van der Waals surface area contributed by atoms with E-state index < -0.39 is 0 Å². The summed E-state index contributed by atoms with van der Waals surface area (Å²) in [5.74, 6) is 0.488. The standard InChI is InChI=1S/C22H27ClN4O4/c1-25-19-7-8-27(22(29)16-4-3-15(23)13-20(16)30-2)14-17(19)18(24-25)5-6-21(28)26-9-11-31-12-10-26/h3-4,13H,5-12,14H2,1-2H3. The van der Waals surface area contributed by atoms with Crippen molar-refractivity contribution >= 4 is 23.4 Å². The van der Waals surface area contributed by atoms with Crippen molar-refractivity contribution in [2.24, 2.45) is 7.05 Å². The number of ether oxygens (including phenoxy) is 2. The molecule has 2 amide bonds. The molecule has 0 atom stereocenters. The maximum Gasteiger partial charge on any atom is 0.257 e. The van der Waals surface area contributed by atoms with Crippen LogP contribution in [0.1, 0.15) is 33.7 Å². The molecule has 2 aromatic rings. The molecule has 2 aliphatic rings. The summed E-state index contributed by atoms with van der Waals surface area (Å²) in [6, 6.07) is 5.04. The summed E-state index contributed by atoms with van der Waals surface area (Å²) < 4.78 is 12.6. The highest BCUT2D eigenvalue weighted by Crippen LogP contribution is 2.28. The van der Waals surface area contributed by atoms with Gasteiger partial charge in [-0.2, -0.15) is 5.10 Å². The van der Waals surface area contributed by atoms with Gasteiger partial charge in [-0.25, -0.2) is 0 Å². The molecule has 3 heterocycles. The van der Waals surface area contributed by atoms with Gasteiger partial charge in [0.2, 0.25) is 5.91 Å². The predicted octanol–water partition coefficient (Wildman–Crippen LogP) is 2.07. The number of benzene rings is 1. The Morgan fingerprint density at radius 2 is 1.97 bits per heavy atom. The fraction of sp³-hybridized carbons (Fsp3) is 0.500. The quantitative estimate of drug-likeness (QED) is 0.702. The van der Waals surface area contributed by atoms with E-state index in [0.717, 1.165) is 23.4 Å². The SMILES string of the molecule is COc1cc(Cl)ccc1C(=O)N1CCc2c(c(CCC(=O)N3CCOCC3)nn2C)C1. The number of carbonyl (C=O) groups excluding carboxylic acids is 2. The Morgan fingerprint density at radius 1 is 1.19 bits per heavy atom. The van der Waals surface area contributed by atoms with Crippen LogP contribution < -0.4 is 4.74 Å². The summed E-state index contributed by atoms with van der Waals surface area (Å²) in [7, 11) is 3.45. The number of nitrogens with zero attached hydrogens (tertiary/aromatic N) is 4. The van der Waals surface area contributed by atoms with Gasteiger partial charge in [0.05, 0.1) is 31.6 Å². The molecule has 0 unspecified atom stereocenters. The second-order valence-corrected chi connectivity index (χ2v) is 8.25. The number of carbonyl (C=O) groups is 2. The lowest BCUT2D eigenvalue weighted by Gasteiger charge is -2.28. The molecule has 9 heteroatoms. The van der Waals surface area contributed by atoms with Crippen LogP contribution in [0.2, 0.25) is 5.02 Å². The fourth-order valence-electron chi connectivity index (χ4n) is 4.25. The lowest BCUT2D eigenvalue weighted by atomic mass is 10.0. The predicted molar refractivity (Wildman–Crippen MR) is 115 cm³/mol. The molecule has 166 valence electrons. The third-order valence-electron chi connectivity index (χ3n) is 5.95. The van der Waals surface area contributed by atoms with Crippen LogP contribution in [0.25, 0.3) is 0 Å². The van der Waals surface area contributed by atoms with Crippen molar-refractivity contribution in [1.29, 1.82) is 0 Å². The maximum atomic E-state index is 13.2. The van der Waals surface area contributed by atoms with Crippen LogP contribution in [0, 0.1) is 0 Å². The molecular formula is C22H27ClN4O4. The Balaban J connectivity index is 1.48. The number of fused-ring (bicyclic) bond motifs is 1. The van der Waals surface area contributed by atoms with Crippen LogP contribution in [0.3, 0.4) is 0 Å². The zero-order valence-electron chi connectivity index (χ0n) is 17.9. The van der Waals surface area contributed by atoms with E-state index in [9.17, 15) is 9.59 Å². The lowest BCUT2D eigenvalue weighted by molar-refractivity contribution is -0.135. The van der Waals surface area contributed by atoms with Gasteiger partial charge in [0.15, 0.2) is 0 Å². The first-order chi connectivity index (χ1) is 15.0. The van der Waals surface area contributed by atoms with Gasteiger partial charge in [-0.1, -0.05) is 11.6 Å². The first-order valence-electron chi connectivity index (χ1n) is 10.5. The molecular weight excluding hydrogens is 420 g/mol. The number of amides is 2. The van der Waals surface area contributed by atoms with Crippen LogP contribution in [0.5, 0.6) is 5.75 Å². The van der Waals surface area contributed by atoms with Gasteiger partial charge >= 0.3 is 0 Å². The highest BCUT2D eigenvalue weighted by molar-refractivity contribution is 6.30. The normalized spacial score (nSPS) is 16.2. The van der Waals surface area contributed by atoms with Crippen LogP contribution in [0.4, 0.5) is 0 Å². The van der Waals surface area contributed by atoms with E-state index in [1.54, 1.807) is 18.2 Å². The van der Waals surface area contributed by atoms with Gasteiger partial charge in [0, 0.05) is 68.8 Å². The average molecular weight is 447 g/mol.